The van der Waals surface area contributed by atoms with Gasteiger partial charge in [-0.05, 0) is 49.1 Å². The summed E-state index contributed by atoms with van der Waals surface area (Å²) in [6, 6.07) is 16.2. The summed E-state index contributed by atoms with van der Waals surface area (Å²) in [5.41, 5.74) is 18.5. The van der Waals surface area contributed by atoms with Gasteiger partial charge >= 0.3 is 0 Å². The van der Waals surface area contributed by atoms with Gasteiger partial charge in [0.1, 0.15) is 5.84 Å². The van der Waals surface area contributed by atoms with Gasteiger partial charge in [-0.15, -0.1) is 0 Å². The average Bonchev–Trinajstić information content (AvgIpc) is 2.87. The van der Waals surface area contributed by atoms with Crippen LogP contribution in [0.4, 0.5) is 0 Å². The first-order valence-corrected chi connectivity index (χ1v) is 11.7. The lowest BCUT2D eigenvalue weighted by Crippen LogP contribution is -2.18. The van der Waals surface area contributed by atoms with Gasteiger partial charge in [-0.25, -0.2) is 4.99 Å². The first-order valence-electron chi connectivity index (χ1n) is 11.7. The van der Waals surface area contributed by atoms with Crippen molar-refractivity contribution < 1.29 is 0 Å². The molecule has 2 aromatic rings. The zero-order chi connectivity index (χ0) is 26.5. The fourth-order valence-electron chi connectivity index (χ4n) is 3.40. The quantitative estimate of drug-likeness (QED) is 0.208. The second-order valence-electron chi connectivity index (χ2n) is 8.06. The monoisotopic (exact) mass is 477 g/mol. The number of hydrogen-bond donors (Lipinski definition) is 3. The SMILES string of the molecule is C=C(/C=C\C=C/C)CN=C(N=C(N)C(/C=C(\C=N)C(=C)N)=C/C)c1c(C)cccc1-c1ccccc1. The van der Waals surface area contributed by atoms with E-state index in [1.54, 1.807) is 6.08 Å². The number of nitrogens with zero attached hydrogens (tertiary/aromatic N) is 2. The molecule has 0 aromatic heterocycles. The van der Waals surface area contributed by atoms with Crippen LogP contribution in [0, 0.1) is 12.3 Å². The minimum atomic E-state index is 0.259. The van der Waals surface area contributed by atoms with Crippen molar-refractivity contribution in [3.63, 3.8) is 0 Å². The summed E-state index contributed by atoms with van der Waals surface area (Å²) in [4.78, 5) is 9.64. The van der Waals surface area contributed by atoms with Crippen LogP contribution in [0.3, 0.4) is 0 Å². The second-order valence-corrected chi connectivity index (χ2v) is 8.06. The maximum atomic E-state index is 7.62. The predicted octanol–water partition coefficient (Wildman–Crippen LogP) is 6.45. The van der Waals surface area contributed by atoms with E-state index in [-0.39, 0.29) is 11.5 Å². The molecule has 5 heteroatoms. The summed E-state index contributed by atoms with van der Waals surface area (Å²) >= 11 is 0. The van der Waals surface area contributed by atoms with Crippen molar-refractivity contribution in [3.05, 3.63) is 132 Å². The molecule has 2 rings (SSSR count). The Morgan fingerprint density at radius 3 is 2.31 bits per heavy atom. The van der Waals surface area contributed by atoms with Crippen LogP contribution in [0.2, 0.25) is 0 Å². The molecule has 36 heavy (non-hydrogen) atoms. The Kier molecular flexibility index (Phi) is 10.8. The van der Waals surface area contributed by atoms with Crippen LogP contribution in [-0.4, -0.2) is 24.4 Å². The number of rotatable bonds is 10. The molecule has 2 aromatic carbocycles. The summed E-state index contributed by atoms with van der Waals surface area (Å²) in [6.07, 6.45) is 12.4. The molecule has 0 amide bonds. The van der Waals surface area contributed by atoms with Crippen LogP contribution in [0.5, 0.6) is 0 Å². The number of aliphatic imine (C=N–C) groups is 2. The van der Waals surface area contributed by atoms with Gasteiger partial charge in [-0.1, -0.05) is 92.1 Å². The molecular formula is C31H35N5. The topological polar surface area (TPSA) is 101 Å². The molecule has 0 bridgehead atoms. The Morgan fingerprint density at radius 2 is 1.69 bits per heavy atom. The van der Waals surface area contributed by atoms with Crippen LogP contribution in [-0.2, 0) is 0 Å². The van der Waals surface area contributed by atoms with Gasteiger partial charge < -0.3 is 16.9 Å². The number of benzene rings is 2. The van der Waals surface area contributed by atoms with Crippen molar-refractivity contribution in [1.82, 2.24) is 0 Å². The molecule has 0 radical (unpaired) electrons. The Bertz CT molecular complexity index is 1290. The highest BCUT2D eigenvalue weighted by Gasteiger charge is 2.15. The molecule has 0 aliphatic rings. The van der Waals surface area contributed by atoms with Gasteiger partial charge in [0.2, 0.25) is 0 Å². The molecule has 0 aliphatic carbocycles. The van der Waals surface area contributed by atoms with E-state index in [2.05, 4.69) is 31.4 Å². The second kappa shape index (κ2) is 14.0. The van der Waals surface area contributed by atoms with Crippen LogP contribution in [0.15, 0.2) is 131 Å². The zero-order valence-corrected chi connectivity index (χ0v) is 21.3. The third-order valence-corrected chi connectivity index (χ3v) is 5.32. The van der Waals surface area contributed by atoms with Crippen molar-refractivity contribution in [3.8, 4) is 11.1 Å². The largest absolute Gasteiger partial charge is 0.399 e. The van der Waals surface area contributed by atoms with Gasteiger partial charge in [-0.2, -0.15) is 0 Å². The van der Waals surface area contributed by atoms with Gasteiger partial charge in [0, 0.05) is 28.6 Å². The number of hydrogen-bond acceptors (Lipinski definition) is 3. The highest BCUT2D eigenvalue weighted by molar-refractivity contribution is 6.15. The Morgan fingerprint density at radius 1 is 0.972 bits per heavy atom. The van der Waals surface area contributed by atoms with Crippen molar-refractivity contribution in [1.29, 1.82) is 5.41 Å². The third-order valence-electron chi connectivity index (χ3n) is 5.32. The van der Waals surface area contributed by atoms with Crippen molar-refractivity contribution in [2.45, 2.75) is 20.8 Å². The van der Waals surface area contributed by atoms with E-state index in [4.69, 9.17) is 26.9 Å². The smallest absolute Gasteiger partial charge is 0.158 e. The minimum Gasteiger partial charge on any atom is -0.399 e. The van der Waals surface area contributed by atoms with Gasteiger partial charge in [-0.3, -0.25) is 4.99 Å². The fraction of sp³-hybridized carbons (Fsp3) is 0.129. The van der Waals surface area contributed by atoms with E-state index >= 15 is 0 Å². The lowest BCUT2D eigenvalue weighted by molar-refractivity contribution is 1.17. The molecule has 184 valence electrons. The van der Waals surface area contributed by atoms with Crippen molar-refractivity contribution >= 4 is 17.9 Å². The van der Waals surface area contributed by atoms with Gasteiger partial charge in [0.05, 0.1) is 6.54 Å². The summed E-state index contributed by atoms with van der Waals surface area (Å²) in [5, 5.41) is 7.62. The summed E-state index contributed by atoms with van der Waals surface area (Å²) in [5.74, 6) is 0.759. The average molecular weight is 478 g/mol. The normalized spacial score (nSPS) is 13.4. The van der Waals surface area contributed by atoms with E-state index in [9.17, 15) is 0 Å². The third kappa shape index (κ3) is 7.77. The Labute approximate surface area is 214 Å². The lowest BCUT2D eigenvalue weighted by atomic mass is 9.95. The molecule has 0 unspecified atom stereocenters. The Hall–Kier alpha value is -4.51. The van der Waals surface area contributed by atoms with E-state index in [0.717, 1.165) is 34.0 Å². The summed E-state index contributed by atoms with van der Waals surface area (Å²) in [6.45, 7) is 14.0. The highest BCUT2D eigenvalue weighted by Crippen LogP contribution is 2.27. The first kappa shape index (κ1) is 27.7. The van der Waals surface area contributed by atoms with Crippen LogP contribution < -0.4 is 11.5 Å². The van der Waals surface area contributed by atoms with Crippen molar-refractivity contribution in [2.75, 3.05) is 6.54 Å². The summed E-state index contributed by atoms with van der Waals surface area (Å²) < 4.78 is 0. The molecule has 0 saturated heterocycles. The first-order chi connectivity index (χ1) is 17.3. The predicted molar refractivity (Wildman–Crippen MR) is 157 cm³/mol. The highest BCUT2D eigenvalue weighted by atomic mass is 15.0. The molecule has 0 heterocycles. The molecule has 0 saturated carbocycles. The maximum absolute atomic E-state index is 7.62. The van der Waals surface area contributed by atoms with E-state index in [1.807, 2.05) is 81.5 Å². The van der Waals surface area contributed by atoms with Gasteiger partial charge in [0.15, 0.2) is 5.84 Å². The summed E-state index contributed by atoms with van der Waals surface area (Å²) in [7, 11) is 0. The molecule has 0 atom stereocenters. The molecular weight excluding hydrogens is 442 g/mol. The van der Waals surface area contributed by atoms with Crippen LogP contribution in [0.1, 0.15) is 25.0 Å². The maximum Gasteiger partial charge on any atom is 0.158 e. The Balaban J connectivity index is 2.70. The van der Waals surface area contributed by atoms with Crippen LogP contribution in [0.25, 0.3) is 11.1 Å². The minimum absolute atomic E-state index is 0.259. The van der Waals surface area contributed by atoms with E-state index in [1.165, 1.54) is 0 Å². The molecule has 5 N–H and O–H groups in total. The number of allylic oxidation sites excluding steroid dienone is 5. The number of amidine groups is 2. The van der Waals surface area contributed by atoms with E-state index in [0.29, 0.717) is 23.5 Å². The molecule has 5 nitrogen and oxygen atoms in total. The number of nitrogens with two attached hydrogens (primary N) is 2. The molecule has 0 aliphatic heterocycles. The number of aryl methyl sites for hydroxylation is 1. The lowest BCUT2D eigenvalue weighted by Gasteiger charge is -2.14. The fourth-order valence-corrected chi connectivity index (χ4v) is 3.40. The molecule has 0 spiro atoms. The number of nitrogens with one attached hydrogen (secondary N) is 1. The standard InChI is InChI=1S/C31H35N5/c1-6-8-10-14-22(3)21-35-31(36-30(34)25(7-2)19-27(20-32)24(5)33)29-23(4)15-13-18-28(29)26-16-11-9-12-17-26/h6-20,32H,3,5,21,33H2,1-2,4H3,(H2,34,35,36)/b8-6-,14-10-,25-7+,27-19+,32-20?. The zero-order valence-electron chi connectivity index (χ0n) is 21.3. The van der Waals surface area contributed by atoms with Crippen LogP contribution >= 0.6 is 0 Å². The van der Waals surface area contributed by atoms with E-state index < -0.39 is 0 Å². The van der Waals surface area contributed by atoms with Gasteiger partial charge in [0.25, 0.3) is 0 Å². The molecule has 0 fully saturated rings. The van der Waals surface area contributed by atoms with Crippen molar-refractivity contribution in [2.24, 2.45) is 21.5 Å².